The number of carbonyl (C=O) groups excluding carboxylic acids is 1. The molecule has 0 spiro atoms. The average Bonchev–Trinajstić information content (AvgIpc) is 2.70. The van der Waals surface area contributed by atoms with Crippen LogP contribution in [0.4, 0.5) is 0 Å². The molecule has 0 radical (unpaired) electrons. The molecule has 1 unspecified atom stereocenters. The minimum atomic E-state index is -3.19. The van der Waals surface area contributed by atoms with E-state index in [4.69, 9.17) is 5.26 Å². The Hall–Kier alpha value is -1.87. The van der Waals surface area contributed by atoms with Crippen molar-refractivity contribution < 1.29 is 13.2 Å². The highest BCUT2D eigenvalue weighted by Crippen LogP contribution is 2.20. The van der Waals surface area contributed by atoms with Gasteiger partial charge in [-0.05, 0) is 17.7 Å². The molecule has 19 heavy (non-hydrogen) atoms. The van der Waals surface area contributed by atoms with Crippen LogP contribution in [0.25, 0.3) is 0 Å². The third-order valence-corrected chi connectivity index (χ3v) is 4.25. The smallest absolute Gasteiger partial charge is 0.224 e. The van der Waals surface area contributed by atoms with E-state index in [1.807, 2.05) is 0 Å². The first-order chi connectivity index (χ1) is 8.90. The molecular formula is C13H14N2O3S. The zero-order valence-electron chi connectivity index (χ0n) is 10.5. The molecule has 1 aliphatic rings. The lowest BCUT2D eigenvalue weighted by molar-refractivity contribution is -0.128. The van der Waals surface area contributed by atoms with E-state index in [0.29, 0.717) is 13.1 Å². The van der Waals surface area contributed by atoms with Gasteiger partial charge in [0, 0.05) is 25.8 Å². The number of likely N-dealkylation sites (tertiary alicyclic amines) is 1. The fourth-order valence-electron chi connectivity index (χ4n) is 2.07. The van der Waals surface area contributed by atoms with Gasteiger partial charge in [0.1, 0.15) is 0 Å². The molecule has 0 bridgehead atoms. The Morgan fingerprint density at radius 2 is 2.00 bits per heavy atom. The number of nitriles is 1. The van der Waals surface area contributed by atoms with Crippen LogP contribution < -0.4 is 0 Å². The highest BCUT2D eigenvalue weighted by molar-refractivity contribution is 7.90. The molecule has 1 saturated heterocycles. The molecular weight excluding hydrogens is 264 g/mol. The summed E-state index contributed by atoms with van der Waals surface area (Å²) in [5.74, 6) is -0.262. The van der Waals surface area contributed by atoms with Gasteiger partial charge in [0.2, 0.25) is 5.91 Å². The summed E-state index contributed by atoms with van der Waals surface area (Å²) in [5.41, 5.74) is 0.860. The summed E-state index contributed by atoms with van der Waals surface area (Å²) in [6.07, 6.45) is 1.43. The van der Waals surface area contributed by atoms with Gasteiger partial charge in [-0.2, -0.15) is 5.26 Å². The monoisotopic (exact) mass is 278 g/mol. The number of hydrogen-bond acceptors (Lipinski definition) is 4. The molecule has 1 amide bonds. The minimum Gasteiger partial charge on any atom is -0.337 e. The first-order valence-electron chi connectivity index (χ1n) is 5.86. The second-order valence-electron chi connectivity index (χ2n) is 4.72. The van der Waals surface area contributed by atoms with Crippen LogP contribution in [0, 0.1) is 17.2 Å². The van der Waals surface area contributed by atoms with E-state index in [-0.39, 0.29) is 23.1 Å². The summed E-state index contributed by atoms with van der Waals surface area (Å²) in [7, 11) is -3.19. The van der Waals surface area contributed by atoms with E-state index in [9.17, 15) is 13.2 Å². The van der Waals surface area contributed by atoms with Crippen molar-refractivity contribution in [2.75, 3.05) is 12.8 Å². The summed E-state index contributed by atoms with van der Waals surface area (Å²) in [4.78, 5) is 13.5. The molecule has 1 aromatic rings. The molecule has 2 rings (SSSR count). The summed E-state index contributed by atoms with van der Waals surface area (Å²) in [6, 6.07) is 8.56. The fraction of sp³-hybridized carbons (Fsp3) is 0.385. The minimum absolute atomic E-state index is 0.0289. The van der Waals surface area contributed by atoms with Crippen LogP contribution in [0.1, 0.15) is 12.0 Å². The third-order valence-electron chi connectivity index (χ3n) is 3.12. The number of nitrogens with zero attached hydrogens (tertiary/aromatic N) is 2. The lowest BCUT2D eigenvalue weighted by Crippen LogP contribution is -2.24. The van der Waals surface area contributed by atoms with Crippen LogP contribution in [0.5, 0.6) is 0 Å². The molecule has 0 aromatic heterocycles. The number of sulfone groups is 1. The van der Waals surface area contributed by atoms with Gasteiger partial charge >= 0.3 is 0 Å². The van der Waals surface area contributed by atoms with Gasteiger partial charge in [0.05, 0.1) is 16.9 Å². The standard InChI is InChI=1S/C13H14N2O3S/c1-19(17,18)12-4-2-10(3-5-12)8-15-9-11(7-14)6-13(15)16/h2-5,11H,6,8-9H2,1H3. The van der Waals surface area contributed by atoms with E-state index < -0.39 is 9.84 Å². The van der Waals surface area contributed by atoms with Crippen LogP contribution in [-0.2, 0) is 21.2 Å². The highest BCUT2D eigenvalue weighted by Gasteiger charge is 2.29. The topological polar surface area (TPSA) is 78.2 Å². The number of carbonyl (C=O) groups is 1. The van der Waals surface area contributed by atoms with Crippen LogP contribution in [0.15, 0.2) is 29.2 Å². The van der Waals surface area contributed by atoms with Crippen LogP contribution >= 0.6 is 0 Å². The van der Waals surface area contributed by atoms with Crippen molar-refractivity contribution in [3.63, 3.8) is 0 Å². The number of rotatable bonds is 3. The Labute approximate surface area is 112 Å². The normalized spacial score (nSPS) is 19.5. The summed E-state index contributed by atoms with van der Waals surface area (Å²) in [5, 5.41) is 8.80. The van der Waals surface area contributed by atoms with Crippen molar-refractivity contribution >= 4 is 15.7 Å². The Morgan fingerprint density at radius 3 is 2.47 bits per heavy atom. The largest absolute Gasteiger partial charge is 0.337 e. The zero-order valence-corrected chi connectivity index (χ0v) is 11.4. The third kappa shape index (κ3) is 3.12. The van der Waals surface area contributed by atoms with Crippen LogP contribution in [-0.4, -0.2) is 32.0 Å². The quantitative estimate of drug-likeness (QED) is 0.825. The van der Waals surface area contributed by atoms with Crippen molar-refractivity contribution in [1.29, 1.82) is 5.26 Å². The number of hydrogen-bond donors (Lipinski definition) is 0. The predicted octanol–water partition coefficient (Wildman–Crippen LogP) is 0.962. The van der Waals surface area contributed by atoms with Gasteiger partial charge in [-0.25, -0.2) is 8.42 Å². The van der Waals surface area contributed by atoms with Gasteiger partial charge in [0.15, 0.2) is 9.84 Å². The lowest BCUT2D eigenvalue weighted by atomic mass is 10.1. The van der Waals surface area contributed by atoms with Crippen LogP contribution in [0.3, 0.4) is 0 Å². The van der Waals surface area contributed by atoms with Crippen molar-refractivity contribution in [2.45, 2.75) is 17.9 Å². The molecule has 0 saturated carbocycles. The molecule has 1 atom stereocenters. The molecule has 0 N–H and O–H groups in total. The molecule has 100 valence electrons. The average molecular weight is 278 g/mol. The van der Waals surface area contributed by atoms with Gasteiger partial charge in [-0.15, -0.1) is 0 Å². The summed E-state index contributed by atoms with van der Waals surface area (Å²) < 4.78 is 22.6. The molecule has 1 fully saturated rings. The Balaban J connectivity index is 2.09. The number of benzene rings is 1. The molecule has 6 heteroatoms. The van der Waals surface area contributed by atoms with Crippen molar-refractivity contribution in [3.05, 3.63) is 29.8 Å². The number of amides is 1. The molecule has 5 nitrogen and oxygen atoms in total. The van der Waals surface area contributed by atoms with E-state index in [2.05, 4.69) is 6.07 Å². The van der Waals surface area contributed by atoms with E-state index >= 15 is 0 Å². The van der Waals surface area contributed by atoms with Crippen molar-refractivity contribution in [2.24, 2.45) is 5.92 Å². The predicted molar refractivity (Wildman–Crippen MR) is 68.7 cm³/mol. The van der Waals surface area contributed by atoms with Gasteiger partial charge < -0.3 is 4.90 Å². The van der Waals surface area contributed by atoms with E-state index in [0.717, 1.165) is 11.8 Å². The van der Waals surface area contributed by atoms with Gasteiger partial charge in [0.25, 0.3) is 0 Å². The highest BCUT2D eigenvalue weighted by atomic mass is 32.2. The lowest BCUT2D eigenvalue weighted by Gasteiger charge is -2.15. The molecule has 1 heterocycles. The maximum atomic E-state index is 11.7. The summed E-state index contributed by atoms with van der Waals surface area (Å²) >= 11 is 0. The first-order valence-corrected chi connectivity index (χ1v) is 7.75. The maximum absolute atomic E-state index is 11.7. The van der Waals surface area contributed by atoms with Crippen molar-refractivity contribution in [3.8, 4) is 6.07 Å². The second kappa shape index (κ2) is 5.02. The van der Waals surface area contributed by atoms with Gasteiger partial charge in [-0.1, -0.05) is 12.1 Å². The Morgan fingerprint density at radius 1 is 1.37 bits per heavy atom. The fourth-order valence-corrected chi connectivity index (χ4v) is 2.70. The summed E-state index contributed by atoms with van der Waals surface area (Å²) in [6.45, 7) is 0.865. The maximum Gasteiger partial charge on any atom is 0.224 e. The Bertz CT molecular complexity index is 629. The first kappa shape index (κ1) is 13.6. The van der Waals surface area contributed by atoms with E-state index in [1.165, 1.54) is 12.1 Å². The van der Waals surface area contributed by atoms with Crippen LogP contribution in [0.2, 0.25) is 0 Å². The second-order valence-corrected chi connectivity index (χ2v) is 6.74. The van der Waals surface area contributed by atoms with Gasteiger partial charge in [-0.3, -0.25) is 4.79 Å². The molecule has 1 aliphatic heterocycles. The van der Waals surface area contributed by atoms with E-state index in [1.54, 1.807) is 17.0 Å². The zero-order chi connectivity index (χ0) is 14.0. The molecule has 1 aromatic carbocycles. The van der Waals surface area contributed by atoms with Crippen molar-refractivity contribution in [1.82, 2.24) is 4.90 Å². The Kier molecular flexibility index (Phi) is 3.58. The SMILES string of the molecule is CS(=O)(=O)c1ccc(CN2CC(C#N)CC2=O)cc1. The molecule has 0 aliphatic carbocycles.